The molecule has 19 heavy (non-hydrogen) atoms. The summed E-state index contributed by atoms with van der Waals surface area (Å²) in [5.74, 6) is -0.827. The molecule has 1 aliphatic carbocycles. The van der Waals surface area contributed by atoms with Crippen LogP contribution in [-0.2, 0) is 14.3 Å². The number of nitrogens with zero attached hydrogens (tertiary/aromatic N) is 1. The van der Waals surface area contributed by atoms with Crippen molar-refractivity contribution in [2.24, 2.45) is 5.92 Å². The van der Waals surface area contributed by atoms with E-state index in [1.54, 1.807) is 12.0 Å². The molecule has 0 aromatic rings. The smallest absolute Gasteiger partial charge is 0.326 e. The second kappa shape index (κ2) is 6.37. The molecule has 1 aliphatic heterocycles. The molecule has 0 aromatic heterocycles. The third-order valence-corrected chi connectivity index (χ3v) is 4.43. The summed E-state index contributed by atoms with van der Waals surface area (Å²) in [7, 11) is 1.71. The van der Waals surface area contributed by atoms with E-state index in [4.69, 9.17) is 4.74 Å². The molecule has 1 atom stereocenters. The van der Waals surface area contributed by atoms with Crippen molar-refractivity contribution >= 4 is 11.9 Å². The van der Waals surface area contributed by atoms with Gasteiger partial charge in [0.15, 0.2) is 0 Å². The van der Waals surface area contributed by atoms with E-state index < -0.39 is 12.0 Å². The van der Waals surface area contributed by atoms with Crippen LogP contribution < -0.4 is 0 Å². The van der Waals surface area contributed by atoms with E-state index in [-0.39, 0.29) is 17.9 Å². The van der Waals surface area contributed by atoms with Crippen LogP contribution in [-0.4, -0.2) is 47.7 Å². The maximum absolute atomic E-state index is 12.5. The molecule has 0 radical (unpaired) electrons. The van der Waals surface area contributed by atoms with Crippen molar-refractivity contribution in [1.82, 2.24) is 4.90 Å². The molecule has 0 unspecified atom stereocenters. The van der Waals surface area contributed by atoms with Gasteiger partial charge in [-0.2, -0.15) is 0 Å². The number of carbonyl (C=O) groups excluding carboxylic acids is 1. The van der Waals surface area contributed by atoms with E-state index in [1.807, 2.05) is 0 Å². The van der Waals surface area contributed by atoms with E-state index in [1.165, 1.54) is 0 Å². The first-order chi connectivity index (χ1) is 9.13. The van der Waals surface area contributed by atoms with E-state index >= 15 is 0 Å². The number of amides is 1. The van der Waals surface area contributed by atoms with Crippen LogP contribution in [0.1, 0.15) is 44.9 Å². The Balaban J connectivity index is 1.96. The molecule has 5 nitrogen and oxygen atoms in total. The Kier molecular flexibility index (Phi) is 4.80. The summed E-state index contributed by atoms with van der Waals surface area (Å²) in [5, 5.41) is 9.22. The van der Waals surface area contributed by atoms with Crippen molar-refractivity contribution < 1.29 is 19.4 Å². The SMILES string of the molecule is CO[C@H]1CC[C@H](C(=O)N2CCCC[C@H]2C(=O)O)CC1. The van der Waals surface area contributed by atoms with Gasteiger partial charge in [0, 0.05) is 19.6 Å². The maximum Gasteiger partial charge on any atom is 0.326 e. The molecule has 1 heterocycles. The molecule has 2 fully saturated rings. The highest BCUT2D eigenvalue weighted by Crippen LogP contribution is 2.29. The standard InChI is InChI=1S/C14H23NO4/c1-19-11-7-5-10(6-8-11)13(16)15-9-3-2-4-12(15)14(17)18/h10-12H,2-9H2,1H3,(H,17,18)/t10-,11-,12-/m0/s1. The number of likely N-dealkylation sites (tertiary alicyclic amines) is 1. The van der Waals surface area contributed by atoms with Gasteiger partial charge in [-0.3, -0.25) is 4.79 Å². The highest BCUT2D eigenvalue weighted by atomic mass is 16.5. The zero-order chi connectivity index (χ0) is 13.8. The Morgan fingerprint density at radius 3 is 2.37 bits per heavy atom. The number of hydrogen-bond acceptors (Lipinski definition) is 3. The van der Waals surface area contributed by atoms with Crippen LogP contribution in [0, 0.1) is 5.92 Å². The van der Waals surface area contributed by atoms with Crippen LogP contribution in [0.2, 0.25) is 0 Å². The van der Waals surface area contributed by atoms with Gasteiger partial charge in [-0.05, 0) is 44.9 Å². The Morgan fingerprint density at radius 2 is 1.79 bits per heavy atom. The van der Waals surface area contributed by atoms with E-state index in [0.717, 1.165) is 38.5 Å². The summed E-state index contributed by atoms with van der Waals surface area (Å²) in [6.07, 6.45) is 6.12. The van der Waals surface area contributed by atoms with Gasteiger partial charge < -0.3 is 14.7 Å². The second-order valence-corrected chi connectivity index (χ2v) is 5.59. The topological polar surface area (TPSA) is 66.8 Å². The first-order valence-electron chi connectivity index (χ1n) is 7.19. The van der Waals surface area contributed by atoms with E-state index in [9.17, 15) is 14.7 Å². The molecule has 108 valence electrons. The quantitative estimate of drug-likeness (QED) is 0.846. The van der Waals surface area contributed by atoms with E-state index in [2.05, 4.69) is 0 Å². The molecular weight excluding hydrogens is 246 g/mol. The lowest BCUT2D eigenvalue weighted by atomic mass is 9.85. The lowest BCUT2D eigenvalue weighted by Gasteiger charge is -2.37. The summed E-state index contributed by atoms with van der Waals surface area (Å²) in [6.45, 7) is 0.597. The van der Waals surface area contributed by atoms with Gasteiger partial charge in [-0.25, -0.2) is 4.79 Å². The average Bonchev–Trinajstić information content (AvgIpc) is 2.46. The van der Waals surface area contributed by atoms with Crippen LogP contribution in [0.15, 0.2) is 0 Å². The lowest BCUT2D eigenvalue weighted by molar-refractivity contribution is -0.154. The molecular formula is C14H23NO4. The first-order valence-corrected chi connectivity index (χ1v) is 7.19. The van der Waals surface area contributed by atoms with Gasteiger partial charge >= 0.3 is 5.97 Å². The van der Waals surface area contributed by atoms with Crippen molar-refractivity contribution in [3.8, 4) is 0 Å². The monoisotopic (exact) mass is 269 g/mol. The van der Waals surface area contributed by atoms with Crippen molar-refractivity contribution in [1.29, 1.82) is 0 Å². The molecule has 2 rings (SSSR count). The Morgan fingerprint density at radius 1 is 1.11 bits per heavy atom. The van der Waals surface area contributed by atoms with Crippen molar-refractivity contribution in [2.45, 2.75) is 57.1 Å². The van der Waals surface area contributed by atoms with Gasteiger partial charge in [0.25, 0.3) is 0 Å². The zero-order valence-electron chi connectivity index (χ0n) is 11.5. The van der Waals surface area contributed by atoms with Gasteiger partial charge in [0.1, 0.15) is 6.04 Å². The number of rotatable bonds is 3. The summed E-state index contributed by atoms with van der Waals surface area (Å²) < 4.78 is 5.31. The largest absolute Gasteiger partial charge is 0.480 e. The summed E-state index contributed by atoms with van der Waals surface area (Å²) >= 11 is 0. The molecule has 0 spiro atoms. The molecule has 2 aliphatic rings. The van der Waals surface area contributed by atoms with E-state index in [0.29, 0.717) is 13.0 Å². The molecule has 1 amide bonds. The second-order valence-electron chi connectivity index (χ2n) is 5.59. The Hall–Kier alpha value is -1.10. The third kappa shape index (κ3) is 3.26. The normalized spacial score (nSPS) is 32.1. The van der Waals surface area contributed by atoms with Crippen molar-refractivity contribution in [3.63, 3.8) is 0 Å². The van der Waals surface area contributed by atoms with Gasteiger partial charge in [0.05, 0.1) is 6.10 Å². The summed E-state index contributed by atoms with van der Waals surface area (Å²) in [4.78, 5) is 25.3. The maximum atomic E-state index is 12.5. The molecule has 1 N–H and O–H groups in total. The average molecular weight is 269 g/mol. The number of aliphatic carboxylic acids is 1. The first kappa shape index (κ1) is 14.3. The van der Waals surface area contributed by atoms with Crippen LogP contribution in [0.25, 0.3) is 0 Å². The summed E-state index contributed by atoms with van der Waals surface area (Å²) in [6, 6.07) is -0.610. The molecule has 0 aromatic carbocycles. The fraction of sp³-hybridized carbons (Fsp3) is 0.857. The van der Waals surface area contributed by atoms with Crippen LogP contribution in [0.5, 0.6) is 0 Å². The third-order valence-electron chi connectivity index (χ3n) is 4.43. The van der Waals surface area contributed by atoms with Crippen molar-refractivity contribution in [3.05, 3.63) is 0 Å². The van der Waals surface area contributed by atoms with Crippen molar-refractivity contribution in [2.75, 3.05) is 13.7 Å². The number of piperidine rings is 1. The Labute approximate surface area is 113 Å². The minimum absolute atomic E-state index is 0.00801. The predicted octanol–water partition coefficient (Wildman–Crippen LogP) is 1.66. The van der Waals surface area contributed by atoms with Crippen LogP contribution in [0.3, 0.4) is 0 Å². The van der Waals surface area contributed by atoms with Crippen LogP contribution >= 0.6 is 0 Å². The number of ether oxygens (including phenoxy) is 1. The lowest BCUT2D eigenvalue weighted by Crippen LogP contribution is -2.50. The number of methoxy groups -OCH3 is 1. The molecule has 1 saturated carbocycles. The highest BCUT2D eigenvalue weighted by molar-refractivity contribution is 5.85. The fourth-order valence-corrected chi connectivity index (χ4v) is 3.23. The van der Waals surface area contributed by atoms with Crippen LogP contribution in [0.4, 0.5) is 0 Å². The minimum atomic E-state index is -0.862. The van der Waals surface area contributed by atoms with Gasteiger partial charge in [-0.1, -0.05) is 0 Å². The highest BCUT2D eigenvalue weighted by Gasteiger charge is 2.36. The fourth-order valence-electron chi connectivity index (χ4n) is 3.23. The number of carboxylic acid groups (broad SMARTS) is 1. The molecule has 1 saturated heterocycles. The number of carbonyl (C=O) groups is 2. The summed E-state index contributed by atoms with van der Waals surface area (Å²) in [5.41, 5.74) is 0. The zero-order valence-corrected chi connectivity index (χ0v) is 11.5. The molecule has 5 heteroatoms. The van der Waals surface area contributed by atoms with Gasteiger partial charge in [-0.15, -0.1) is 0 Å². The van der Waals surface area contributed by atoms with Gasteiger partial charge in [0.2, 0.25) is 5.91 Å². The predicted molar refractivity (Wildman–Crippen MR) is 69.7 cm³/mol. The Bertz CT molecular complexity index is 336. The minimum Gasteiger partial charge on any atom is -0.480 e. The molecule has 0 bridgehead atoms. The number of carboxylic acids is 1. The number of hydrogen-bond donors (Lipinski definition) is 1.